The average molecular weight is 287 g/mol. The maximum Gasteiger partial charge on any atom is 0.269 e. The summed E-state index contributed by atoms with van der Waals surface area (Å²) in [6.45, 7) is 1.60. The monoisotopic (exact) mass is 287 g/mol. The molecule has 1 N–H and O–H groups in total. The molecule has 1 heterocycles. The van der Waals surface area contributed by atoms with E-state index in [1.54, 1.807) is 13.2 Å². The fourth-order valence-electron chi connectivity index (χ4n) is 2.04. The molecule has 0 fully saturated rings. The average Bonchev–Trinajstić information content (AvgIpc) is 2.50. The standard InChI is InChI=1S/C16H21N3O2/c1-19(2)10-4-9-17-16(20)15-7-5-12-11-13(21-3)6-8-14(12)18-15/h5-8,11H,4,9-10H2,1-3H3,(H,17,20). The number of ether oxygens (including phenoxy) is 1. The van der Waals surface area contributed by atoms with Gasteiger partial charge in [0.2, 0.25) is 0 Å². The summed E-state index contributed by atoms with van der Waals surface area (Å²) in [6.07, 6.45) is 0.920. The highest BCUT2D eigenvalue weighted by Gasteiger charge is 2.08. The van der Waals surface area contributed by atoms with Crippen molar-refractivity contribution in [1.29, 1.82) is 0 Å². The summed E-state index contributed by atoms with van der Waals surface area (Å²) < 4.78 is 5.17. The normalized spacial score (nSPS) is 10.9. The molecule has 2 aromatic rings. The van der Waals surface area contributed by atoms with Crippen LogP contribution >= 0.6 is 0 Å². The Kier molecular flexibility index (Phi) is 5.11. The van der Waals surface area contributed by atoms with Crippen LogP contribution in [0.15, 0.2) is 30.3 Å². The van der Waals surface area contributed by atoms with Gasteiger partial charge in [-0.3, -0.25) is 4.79 Å². The van der Waals surface area contributed by atoms with Crippen molar-refractivity contribution in [3.63, 3.8) is 0 Å². The molecule has 0 atom stereocenters. The van der Waals surface area contributed by atoms with Crippen molar-refractivity contribution in [2.24, 2.45) is 0 Å². The largest absolute Gasteiger partial charge is 0.497 e. The molecule has 0 bridgehead atoms. The lowest BCUT2D eigenvalue weighted by Gasteiger charge is -2.10. The number of nitrogens with zero attached hydrogens (tertiary/aromatic N) is 2. The second-order valence-electron chi connectivity index (χ2n) is 5.17. The number of methoxy groups -OCH3 is 1. The maximum absolute atomic E-state index is 12.0. The predicted molar refractivity (Wildman–Crippen MR) is 83.8 cm³/mol. The molecule has 0 saturated carbocycles. The van der Waals surface area contributed by atoms with Crippen LogP contribution < -0.4 is 10.1 Å². The van der Waals surface area contributed by atoms with E-state index in [0.29, 0.717) is 12.2 Å². The van der Waals surface area contributed by atoms with Crippen LogP contribution in [-0.4, -0.2) is 50.1 Å². The first-order valence-corrected chi connectivity index (χ1v) is 6.98. The molecular formula is C16H21N3O2. The molecule has 0 aliphatic heterocycles. The quantitative estimate of drug-likeness (QED) is 0.825. The van der Waals surface area contributed by atoms with Gasteiger partial charge in [-0.1, -0.05) is 6.07 Å². The number of benzene rings is 1. The molecule has 5 heteroatoms. The van der Waals surface area contributed by atoms with Crippen LogP contribution in [0.4, 0.5) is 0 Å². The lowest BCUT2D eigenvalue weighted by atomic mass is 10.2. The number of hydrogen-bond donors (Lipinski definition) is 1. The van der Waals surface area contributed by atoms with Gasteiger partial charge in [0.1, 0.15) is 11.4 Å². The number of carbonyl (C=O) groups excluding carboxylic acids is 1. The highest BCUT2D eigenvalue weighted by molar-refractivity contribution is 5.95. The zero-order valence-electron chi connectivity index (χ0n) is 12.7. The number of pyridine rings is 1. The summed E-state index contributed by atoms with van der Waals surface area (Å²) >= 11 is 0. The smallest absolute Gasteiger partial charge is 0.269 e. The Hall–Kier alpha value is -2.14. The summed E-state index contributed by atoms with van der Waals surface area (Å²) in [5, 5.41) is 3.85. The zero-order chi connectivity index (χ0) is 15.2. The van der Waals surface area contributed by atoms with Crippen LogP contribution in [-0.2, 0) is 0 Å². The van der Waals surface area contributed by atoms with Gasteiger partial charge in [0, 0.05) is 11.9 Å². The van der Waals surface area contributed by atoms with E-state index >= 15 is 0 Å². The van der Waals surface area contributed by atoms with E-state index in [2.05, 4.69) is 15.2 Å². The first kappa shape index (κ1) is 15.3. The fourth-order valence-corrected chi connectivity index (χ4v) is 2.04. The summed E-state index contributed by atoms with van der Waals surface area (Å²) in [5.41, 5.74) is 1.23. The Balaban J connectivity index is 2.03. The van der Waals surface area contributed by atoms with E-state index in [1.165, 1.54) is 0 Å². The second kappa shape index (κ2) is 7.04. The number of amides is 1. The fraction of sp³-hybridized carbons (Fsp3) is 0.375. The summed E-state index contributed by atoms with van der Waals surface area (Å²) in [5.74, 6) is 0.650. The van der Waals surface area contributed by atoms with E-state index in [-0.39, 0.29) is 5.91 Å². The molecule has 0 spiro atoms. The third-order valence-electron chi connectivity index (χ3n) is 3.20. The van der Waals surface area contributed by atoms with Gasteiger partial charge >= 0.3 is 0 Å². The molecule has 1 aromatic carbocycles. The first-order chi connectivity index (χ1) is 10.1. The topological polar surface area (TPSA) is 54.5 Å². The van der Waals surface area contributed by atoms with E-state index in [9.17, 15) is 4.79 Å². The molecule has 0 radical (unpaired) electrons. The number of aromatic nitrogens is 1. The third kappa shape index (κ3) is 4.16. The third-order valence-corrected chi connectivity index (χ3v) is 3.20. The molecule has 0 saturated heterocycles. The molecule has 1 aromatic heterocycles. The van der Waals surface area contributed by atoms with Gasteiger partial charge in [-0.15, -0.1) is 0 Å². The highest BCUT2D eigenvalue weighted by atomic mass is 16.5. The minimum atomic E-state index is -0.133. The number of carbonyl (C=O) groups is 1. The molecule has 5 nitrogen and oxygen atoms in total. The molecule has 1 amide bonds. The molecule has 2 rings (SSSR count). The lowest BCUT2D eigenvalue weighted by Crippen LogP contribution is -2.27. The van der Waals surface area contributed by atoms with Crippen LogP contribution in [0, 0.1) is 0 Å². The SMILES string of the molecule is COc1ccc2nc(C(=O)NCCCN(C)C)ccc2c1. The van der Waals surface area contributed by atoms with E-state index < -0.39 is 0 Å². The van der Waals surface area contributed by atoms with Gasteiger partial charge in [0.25, 0.3) is 5.91 Å². The van der Waals surface area contributed by atoms with Gasteiger partial charge in [-0.25, -0.2) is 4.98 Å². The van der Waals surface area contributed by atoms with Crippen LogP contribution in [0.5, 0.6) is 5.75 Å². The van der Waals surface area contributed by atoms with Gasteiger partial charge < -0.3 is 15.0 Å². The maximum atomic E-state index is 12.0. The van der Waals surface area contributed by atoms with Crippen molar-refractivity contribution in [1.82, 2.24) is 15.2 Å². The summed E-state index contributed by atoms with van der Waals surface area (Å²) in [4.78, 5) is 18.5. The van der Waals surface area contributed by atoms with Crippen molar-refractivity contribution in [2.45, 2.75) is 6.42 Å². The molecule has 0 aliphatic carbocycles. The van der Waals surface area contributed by atoms with Crippen molar-refractivity contribution >= 4 is 16.8 Å². The van der Waals surface area contributed by atoms with Gasteiger partial charge in [-0.2, -0.15) is 0 Å². The van der Waals surface area contributed by atoms with Crippen LogP contribution in [0.2, 0.25) is 0 Å². The second-order valence-corrected chi connectivity index (χ2v) is 5.17. The Morgan fingerprint density at radius 2 is 2.10 bits per heavy atom. The van der Waals surface area contributed by atoms with E-state index in [1.807, 2.05) is 38.4 Å². The summed E-state index contributed by atoms with van der Waals surface area (Å²) in [7, 11) is 5.66. The van der Waals surface area contributed by atoms with E-state index in [0.717, 1.165) is 29.6 Å². The number of nitrogens with one attached hydrogen (secondary N) is 1. The van der Waals surface area contributed by atoms with Crippen molar-refractivity contribution in [3.8, 4) is 5.75 Å². The Morgan fingerprint density at radius 3 is 2.81 bits per heavy atom. The van der Waals surface area contributed by atoms with Crippen LogP contribution in [0.25, 0.3) is 10.9 Å². The molecule has 112 valence electrons. The minimum Gasteiger partial charge on any atom is -0.497 e. The zero-order valence-corrected chi connectivity index (χ0v) is 12.7. The highest BCUT2D eigenvalue weighted by Crippen LogP contribution is 2.19. The number of hydrogen-bond acceptors (Lipinski definition) is 4. The molecule has 21 heavy (non-hydrogen) atoms. The summed E-state index contributed by atoms with van der Waals surface area (Å²) in [6, 6.07) is 9.23. The molecular weight excluding hydrogens is 266 g/mol. The minimum absolute atomic E-state index is 0.133. The van der Waals surface area contributed by atoms with E-state index in [4.69, 9.17) is 4.74 Å². The van der Waals surface area contributed by atoms with Crippen molar-refractivity contribution in [3.05, 3.63) is 36.0 Å². The molecule has 0 unspecified atom stereocenters. The van der Waals surface area contributed by atoms with Gasteiger partial charge in [0.15, 0.2) is 0 Å². The first-order valence-electron chi connectivity index (χ1n) is 6.98. The van der Waals surface area contributed by atoms with Crippen LogP contribution in [0.1, 0.15) is 16.9 Å². The van der Waals surface area contributed by atoms with Crippen molar-refractivity contribution in [2.75, 3.05) is 34.3 Å². The number of fused-ring (bicyclic) bond motifs is 1. The predicted octanol–water partition coefficient (Wildman–Crippen LogP) is 1.92. The van der Waals surface area contributed by atoms with Crippen LogP contribution in [0.3, 0.4) is 0 Å². The Bertz CT molecular complexity index is 626. The number of rotatable bonds is 6. The Morgan fingerprint density at radius 1 is 1.29 bits per heavy atom. The Labute approximate surface area is 124 Å². The molecule has 0 aliphatic rings. The lowest BCUT2D eigenvalue weighted by molar-refractivity contribution is 0.0947. The van der Waals surface area contributed by atoms with Gasteiger partial charge in [-0.05, 0) is 51.3 Å². The van der Waals surface area contributed by atoms with Crippen molar-refractivity contribution < 1.29 is 9.53 Å². The van der Waals surface area contributed by atoms with Gasteiger partial charge in [0.05, 0.1) is 12.6 Å².